The zero-order chi connectivity index (χ0) is 9.23. The lowest BCUT2D eigenvalue weighted by Gasteiger charge is -1.96. The number of nitrogens with zero attached hydrogens (tertiary/aromatic N) is 1. The predicted octanol–water partition coefficient (Wildman–Crippen LogP) is 1.51. The van der Waals surface area contributed by atoms with Crippen LogP contribution in [0.15, 0.2) is 4.99 Å². The summed E-state index contributed by atoms with van der Waals surface area (Å²) in [6, 6.07) is 0. The smallest absolute Gasteiger partial charge is 0.0527 e. The van der Waals surface area contributed by atoms with Crippen molar-refractivity contribution in [3.63, 3.8) is 0 Å². The number of hydrogen-bond acceptors (Lipinski definition) is 4. The molecule has 0 aromatic rings. The third-order valence-electron chi connectivity index (χ3n) is 1.34. The van der Waals surface area contributed by atoms with Crippen LogP contribution in [0.3, 0.4) is 0 Å². The molecule has 0 unspecified atom stereocenters. The van der Waals surface area contributed by atoms with E-state index in [1.807, 2.05) is 0 Å². The number of aliphatic hydroxyl groups excluding tert-OH is 1. The van der Waals surface area contributed by atoms with Crippen molar-refractivity contribution in [1.82, 2.24) is 0 Å². The Kier molecular flexibility index (Phi) is 13.7. The number of nitrogens with one attached hydrogen (secondary N) is 2. The maximum atomic E-state index is 8.47. The molecule has 0 aromatic carbocycles. The van der Waals surface area contributed by atoms with Crippen LogP contribution in [0.1, 0.15) is 19.3 Å². The average molecular weight is 297 g/mol. The van der Waals surface area contributed by atoms with Crippen LogP contribution < -0.4 is 0 Å². The van der Waals surface area contributed by atoms with Crippen molar-refractivity contribution in [3.05, 3.63) is 0 Å². The zero-order valence-electron chi connectivity index (χ0n) is 7.49. The minimum Gasteiger partial charge on any atom is -0.396 e. The van der Waals surface area contributed by atoms with Gasteiger partial charge in [0.2, 0.25) is 0 Å². The second-order valence-electron chi connectivity index (χ2n) is 2.34. The Morgan fingerprint density at radius 1 is 1.38 bits per heavy atom. The Balaban J connectivity index is 0. The van der Waals surface area contributed by atoms with Crippen LogP contribution in [-0.4, -0.2) is 36.4 Å². The summed E-state index contributed by atoms with van der Waals surface area (Å²) in [6.45, 7) is 0.707. The number of halogens is 1. The molecule has 0 saturated heterocycles. The molecule has 76 valence electrons. The molecule has 0 spiro atoms. The number of rotatable bonds is 7. The van der Waals surface area contributed by atoms with E-state index in [0.717, 1.165) is 0 Å². The summed E-state index contributed by atoms with van der Waals surface area (Å²) in [6.07, 6.45) is 4.44. The van der Waals surface area contributed by atoms with Gasteiger partial charge in [0, 0.05) is 19.4 Å². The van der Waals surface area contributed by atoms with E-state index in [2.05, 4.69) is 4.99 Å². The van der Waals surface area contributed by atoms with Crippen molar-refractivity contribution in [2.45, 2.75) is 19.3 Å². The highest BCUT2D eigenvalue weighted by molar-refractivity contribution is 14.0. The summed E-state index contributed by atoms with van der Waals surface area (Å²) < 4.78 is 0. The van der Waals surface area contributed by atoms with Crippen LogP contribution in [0.4, 0.5) is 0 Å². The SMILES string of the molecule is I.N=CCCC(C=N)=NCCCO. The van der Waals surface area contributed by atoms with Gasteiger partial charge in [0.1, 0.15) is 0 Å². The van der Waals surface area contributed by atoms with Crippen molar-refractivity contribution < 1.29 is 5.11 Å². The molecule has 0 aliphatic heterocycles. The Morgan fingerprint density at radius 3 is 2.54 bits per heavy atom. The van der Waals surface area contributed by atoms with Gasteiger partial charge in [0.25, 0.3) is 0 Å². The van der Waals surface area contributed by atoms with E-state index >= 15 is 0 Å². The zero-order valence-corrected chi connectivity index (χ0v) is 9.82. The highest BCUT2D eigenvalue weighted by Crippen LogP contribution is 1.90. The van der Waals surface area contributed by atoms with Crippen molar-refractivity contribution in [1.29, 1.82) is 10.8 Å². The van der Waals surface area contributed by atoms with E-state index in [0.29, 0.717) is 31.5 Å². The summed E-state index contributed by atoms with van der Waals surface area (Å²) >= 11 is 0. The summed E-state index contributed by atoms with van der Waals surface area (Å²) in [5.41, 5.74) is 0.701. The van der Waals surface area contributed by atoms with Crippen LogP contribution in [-0.2, 0) is 0 Å². The van der Waals surface area contributed by atoms with E-state index in [-0.39, 0.29) is 30.6 Å². The van der Waals surface area contributed by atoms with Gasteiger partial charge in [-0.1, -0.05) is 0 Å². The normalized spacial score (nSPS) is 10.4. The van der Waals surface area contributed by atoms with Gasteiger partial charge in [-0.2, -0.15) is 0 Å². The van der Waals surface area contributed by atoms with Gasteiger partial charge >= 0.3 is 0 Å². The molecule has 0 rings (SSSR count). The fourth-order valence-corrected chi connectivity index (χ4v) is 0.710. The van der Waals surface area contributed by atoms with Gasteiger partial charge in [-0.05, 0) is 25.5 Å². The van der Waals surface area contributed by atoms with Crippen molar-refractivity contribution >= 4 is 42.1 Å². The van der Waals surface area contributed by atoms with E-state index in [1.165, 1.54) is 12.4 Å². The van der Waals surface area contributed by atoms with Crippen molar-refractivity contribution in [2.75, 3.05) is 13.2 Å². The Labute approximate surface area is 95.5 Å². The minimum atomic E-state index is 0. The molecule has 13 heavy (non-hydrogen) atoms. The van der Waals surface area contributed by atoms with Gasteiger partial charge in [0.05, 0.1) is 5.71 Å². The summed E-state index contributed by atoms with van der Waals surface area (Å²) in [5, 5.41) is 22.2. The fraction of sp³-hybridized carbons (Fsp3) is 0.625. The third-order valence-corrected chi connectivity index (χ3v) is 1.34. The Bertz CT molecular complexity index is 171. The minimum absolute atomic E-state index is 0. The van der Waals surface area contributed by atoms with Crippen LogP contribution >= 0.6 is 24.0 Å². The number of aliphatic imine (C=N–C) groups is 1. The molecule has 0 saturated carbocycles. The maximum absolute atomic E-state index is 8.47. The topological polar surface area (TPSA) is 80.3 Å². The van der Waals surface area contributed by atoms with Crippen LogP contribution in [0.25, 0.3) is 0 Å². The molecular weight excluding hydrogens is 281 g/mol. The van der Waals surface area contributed by atoms with Gasteiger partial charge in [-0.15, -0.1) is 24.0 Å². The molecule has 0 amide bonds. The summed E-state index contributed by atoms with van der Waals surface area (Å²) in [5.74, 6) is 0. The van der Waals surface area contributed by atoms with E-state index < -0.39 is 0 Å². The lowest BCUT2D eigenvalue weighted by Crippen LogP contribution is -2.01. The van der Waals surface area contributed by atoms with E-state index in [1.54, 1.807) is 0 Å². The molecule has 3 N–H and O–H groups in total. The lowest BCUT2D eigenvalue weighted by molar-refractivity contribution is 0.291. The highest BCUT2D eigenvalue weighted by Gasteiger charge is 1.92. The molecule has 0 atom stereocenters. The molecule has 0 radical (unpaired) electrons. The van der Waals surface area contributed by atoms with Gasteiger partial charge in [-0.25, -0.2) is 0 Å². The molecule has 5 heteroatoms. The van der Waals surface area contributed by atoms with E-state index in [9.17, 15) is 0 Å². The quantitative estimate of drug-likeness (QED) is 0.371. The standard InChI is InChI=1S/C8H15N3O.HI/c9-4-1-3-8(7-10)11-5-2-6-12;/h4,7,9-10,12H,1-3,5-6H2;1H. The number of hydrogen-bond donors (Lipinski definition) is 3. The molecule has 0 aliphatic rings. The van der Waals surface area contributed by atoms with Crippen LogP contribution in [0.5, 0.6) is 0 Å². The van der Waals surface area contributed by atoms with Gasteiger partial charge < -0.3 is 15.9 Å². The van der Waals surface area contributed by atoms with Crippen LogP contribution in [0, 0.1) is 10.8 Å². The van der Waals surface area contributed by atoms with Crippen LogP contribution in [0.2, 0.25) is 0 Å². The summed E-state index contributed by atoms with van der Waals surface area (Å²) in [4.78, 5) is 4.08. The highest BCUT2D eigenvalue weighted by atomic mass is 127. The first kappa shape index (κ1) is 15.2. The second-order valence-corrected chi connectivity index (χ2v) is 2.34. The first-order valence-electron chi connectivity index (χ1n) is 3.98. The Morgan fingerprint density at radius 2 is 2.08 bits per heavy atom. The first-order valence-corrected chi connectivity index (χ1v) is 3.98. The molecule has 0 heterocycles. The maximum Gasteiger partial charge on any atom is 0.0527 e. The monoisotopic (exact) mass is 297 g/mol. The average Bonchev–Trinajstić information content (AvgIpc) is 2.11. The van der Waals surface area contributed by atoms with Gasteiger partial charge in [-0.3, -0.25) is 4.99 Å². The molecule has 0 aromatic heterocycles. The molecular formula is C8H16IN3O. The Hall–Kier alpha value is -0.300. The second kappa shape index (κ2) is 11.7. The van der Waals surface area contributed by atoms with Crippen molar-refractivity contribution in [3.8, 4) is 0 Å². The largest absolute Gasteiger partial charge is 0.396 e. The van der Waals surface area contributed by atoms with Crippen molar-refractivity contribution in [2.24, 2.45) is 4.99 Å². The predicted molar refractivity (Wildman–Crippen MR) is 66.2 cm³/mol. The number of aliphatic hydroxyl groups is 1. The summed E-state index contributed by atoms with van der Waals surface area (Å²) in [7, 11) is 0. The molecule has 0 fully saturated rings. The fourth-order valence-electron chi connectivity index (χ4n) is 0.710. The first-order chi connectivity index (χ1) is 5.85. The van der Waals surface area contributed by atoms with E-state index in [4.69, 9.17) is 15.9 Å². The molecule has 4 nitrogen and oxygen atoms in total. The molecule has 0 bridgehead atoms. The third kappa shape index (κ3) is 9.62. The van der Waals surface area contributed by atoms with Gasteiger partial charge in [0.15, 0.2) is 0 Å². The lowest BCUT2D eigenvalue weighted by atomic mass is 10.2. The molecule has 0 aliphatic carbocycles.